The van der Waals surface area contributed by atoms with Crippen LogP contribution in [0.15, 0.2) is 24.3 Å². The lowest BCUT2D eigenvalue weighted by molar-refractivity contribution is -0.920. The first kappa shape index (κ1) is 14.2. The van der Waals surface area contributed by atoms with Gasteiger partial charge in [-0.05, 0) is 43.0 Å². The highest BCUT2D eigenvalue weighted by Gasteiger charge is 2.46. The van der Waals surface area contributed by atoms with E-state index in [9.17, 15) is 14.0 Å². The highest BCUT2D eigenvalue weighted by atomic mass is 19.1. The maximum atomic E-state index is 13.0. The second kappa shape index (κ2) is 5.56. The van der Waals surface area contributed by atoms with Crippen LogP contribution in [-0.2, 0) is 9.59 Å². The summed E-state index contributed by atoms with van der Waals surface area (Å²) in [5.41, 5.74) is 0.471. The maximum Gasteiger partial charge on any atom is 0.292 e. The Morgan fingerprint density at radius 1 is 1.14 bits per heavy atom. The largest absolute Gasteiger partial charge is 0.324 e. The highest BCUT2D eigenvalue weighted by Crippen LogP contribution is 2.22. The fourth-order valence-electron chi connectivity index (χ4n) is 3.29. The molecule has 1 N–H and O–H groups in total. The van der Waals surface area contributed by atoms with Gasteiger partial charge in [-0.2, -0.15) is 0 Å². The van der Waals surface area contributed by atoms with E-state index in [-0.39, 0.29) is 30.1 Å². The van der Waals surface area contributed by atoms with Crippen molar-refractivity contribution in [2.24, 2.45) is 5.92 Å². The van der Waals surface area contributed by atoms with E-state index in [0.29, 0.717) is 11.6 Å². The number of carbonyl (C=O) groups excluding carboxylic acids is 2. The molecule has 21 heavy (non-hydrogen) atoms. The number of imide groups is 1. The summed E-state index contributed by atoms with van der Waals surface area (Å²) in [4.78, 5) is 27.2. The van der Waals surface area contributed by atoms with Crippen molar-refractivity contribution in [3.8, 4) is 0 Å². The average Bonchev–Trinajstić information content (AvgIpc) is 2.76. The maximum absolute atomic E-state index is 13.0. The minimum atomic E-state index is -0.370. The molecule has 0 spiro atoms. The summed E-state index contributed by atoms with van der Waals surface area (Å²) in [5, 5.41) is 0. The van der Waals surface area contributed by atoms with Gasteiger partial charge in [0.15, 0.2) is 6.04 Å². The molecule has 1 atom stereocenters. The number of hydrogen-bond donors (Lipinski definition) is 1. The van der Waals surface area contributed by atoms with Gasteiger partial charge in [0.05, 0.1) is 25.2 Å². The number of benzene rings is 1. The van der Waals surface area contributed by atoms with Gasteiger partial charge in [0, 0.05) is 0 Å². The van der Waals surface area contributed by atoms with Crippen LogP contribution < -0.4 is 9.80 Å². The van der Waals surface area contributed by atoms with Crippen molar-refractivity contribution < 1.29 is 18.9 Å². The van der Waals surface area contributed by atoms with Gasteiger partial charge in [-0.3, -0.25) is 9.59 Å². The molecule has 1 aromatic carbocycles. The van der Waals surface area contributed by atoms with Crippen molar-refractivity contribution in [3.05, 3.63) is 30.1 Å². The Morgan fingerprint density at radius 2 is 1.76 bits per heavy atom. The fraction of sp³-hybridized carbons (Fsp3) is 0.500. The number of rotatable bonds is 2. The minimum Gasteiger partial charge on any atom is -0.324 e. The van der Waals surface area contributed by atoms with Crippen LogP contribution in [0, 0.1) is 11.7 Å². The second-order valence-electron chi connectivity index (χ2n) is 6.14. The van der Waals surface area contributed by atoms with E-state index in [1.165, 1.54) is 34.1 Å². The number of amides is 2. The van der Waals surface area contributed by atoms with Crippen LogP contribution in [0.5, 0.6) is 0 Å². The predicted octanol–water partition coefficient (Wildman–Crippen LogP) is 0.772. The Bertz CT molecular complexity index is 550. The van der Waals surface area contributed by atoms with Gasteiger partial charge in [0.25, 0.3) is 5.91 Å². The first-order valence-electron chi connectivity index (χ1n) is 7.53. The summed E-state index contributed by atoms with van der Waals surface area (Å²) in [6.07, 6.45) is 2.47. The smallest absolute Gasteiger partial charge is 0.292 e. The number of piperidine rings is 1. The van der Waals surface area contributed by atoms with E-state index in [1.54, 1.807) is 0 Å². The molecule has 2 saturated heterocycles. The van der Waals surface area contributed by atoms with Crippen LogP contribution in [0.2, 0.25) is 0 Å². The topological polar surface area (TPSA) is 41.8 Å². The van der Waals surface area contributed by atoms with Crippen molar-refractivity contribution >= 4 is 17.5 Å². The molecule has 5 heteroatoms. The monoisotopic (exact) mass is 291 g/mol. The third kappa shape index (κ3) is 2.70. The molecule has 2 aliphatic heterocycles. The van der Waals surface area contributed by atoms with Crippen molar-refractivity contribution in [2.45, 2.75) is 32.2 Å². The number of anilines is 1. The van der Waals surface area contributed by atoms with E-state index in [4.69, 9.17) is 0 Å². The van der Waals surface area contributed by atoms with Gasteiger partial charge in [0.2, 0.25) is 5.91 Å². The van der Waals surface area contributed by atoms with Crippen molar-refractivity contribution in [1.82, 2.24) is 0 Å². The lowest BCUT2D eigenvalue weighted by Gasteiger charge is -2.30. The summed E-state index contributed by atoms with van der Waals surface area (Å²) < 4.78 is 13.0. The lowest BCUT2D eigenvalue weighted by atomic mass is 9.97. The molecule has 0 radical (unpaired) electrons. The zero-order valence-corrected chi connectivity index (χ0v) is 12.1. The van der Waals surface area contributed by atoms with Gasteiger partial charge in [-0.25, -0.2) is 9.29 Å². The van der Waals surface area contributed by atoms with Gasteiger partial charge in [-0.1, -0.05) is 6.92 Å². The molecule has 0 bridgehead atoms. The van der Waals surface area contributed by atoms with Gasteiger partial charge in [0.1, 0.15) is 5.82 Å². The molecular weight excluding hydrogens is 271 g/mol. The Morgan fingerprint density at radius 3 is 2.38 bits per heavy atom. The van der Waals surface area contributed by atoms with Crippen LogP contribution in [0.25, 0.3) is 0 Å². The quantitative estimate of drug-likeness (QED) is 0.818. The molecule has 1 aromatic rings. The van der Waals surface area contributed by atoms with Crippen LogP contribution in [-0.4, -0.2) is 30.9 Å². The predicted molar refractivity (Wildman–Crippen MR) is 76.4 cm³/mol. The van der Waals surface area contributed by atoms with Gasteiger partial charge >= 0.3 is 0 Å². The first-order valence-corrected chi connectivity index (χ1v) is 7.53. The second-order valence-corrected chi connectivity index (χ2v) is 6.14. The molecule has 0 saturated carbocycles. The van der Waals surface area contributed by atoms with Crippen molar-refractivity contribution in [3.63, 3.8) is 0 Å². The van der Waals surface area contributed by atoms with E-state index in [2.05, 4.69) is 6.92 Å². The zero-order valence-electron chi connectivity index (χ0n) is 12.1. The Labute approximate surface area is 123 Å². The van der Waals surface area contributed by atoms with Crippen LogP contribution >= 0.6 is 0 Å². The molecular formula is C16H20FN2O2+. The molecule has 2 amide bonds. The normalized spacial score (nSPS) is 30.0. The van der Waals surface area contributed by atoms with E-state index >= 15 is 0 Å². The minimum absolute atomic E-state index is 0.142. The number of nitrogens with one attached hydrogen (secondary N) is 1. The highest BCUT2D eigenvalue weighted by molar-refractivity contribution is 6.21. The van der Waals surface area contributed by atoms with E-state index in [0.717, 1.165) is 25.9 Å². The SMILES string of the molecule is CC1CC[NH+]([C@@H]2CC(=O)N(c3ccc(F)cc3)C2=O)CC1. The molecule has 112 valence electrons. The summed E-state index contributed by atoms with van der Waals surface area (Å²) in [6, 6.07) is 5.26. The molecule has 2 aliphatic rings. The molecule has 0 aromatic heterocycles. The van der Waals surface area contributed by atoms with Crippen LogP contribution in [0.3, 0.4) is 0 Å². The molecule has 2 fully saturated rings. The van der Waals surface area contributed by atoms with Gasteiger partial charge in [-0.15, -0.1) is 0 Å². The number of nitrogens with zero attached hydrogens (tertiary/aromatic N) is 1. The fourth-order valence-corrected chi connectivity index (χ4v) is 3.29. The number of halogens is 1. The summed E-state index contributed by atoms with van der Waals surface area (Å²) in [6.45, 7) is 4.12. The first-order chi connectivity index (χ1) is 10.1. The van der Waals surface area contributed by atoms with Crippen LogP contribution in [0.1, 0.15) is 26.2 Å². The molecule has 0 unspecified atom stereocenters. The van der Waals surface area contributed by atoms with E-state index in [1.807, 2.05) is 0 Å². The van der Waals surface area contributed by atoms with Crippen molar-refractivity contribution in [1.29, 1.82) is 0 Å². The Balaban J connectivity index is 1.77. The molecule has 4 nitrogen and oxygen atoms in total. The Hall–Kier alpha value is -1.75. The summed E-state index contributed by atoms with van der Waals surface area (Å²) in [7, 11) is 0. The summed E-state index contributed by atoms with van der Waals surface area (Å²) >= 11 is 0. The lowest BCUT2D eigenvalue weighted by Crippen LogP contribution is -3.17. The third-order valence-corrected chi connectivity index (χ3v) is 4.64. The van der Waals surface area contributed by atoms with Gasteiger partial charge < -0.3 is 4.90 Å². The van der Waals surface area contributed by atoms with Crippen LogP contribution in [0.4, 0.5) is 10.1 Å². The Kier molecular flexibility index (Phi) is 3.76. The molecule has 2 heterocycles. The number of quaternary nitrogens is 1. The third-order valence-electron chi connectivity index (χ3n) is 4.64. The average molecular weight is 291 g/mol. The number of hydrogen-bond acceptors (Lipinski definition) is 2. The summed E-state index contributed by atoms with van der Waals surface area (Å²) in [5.74, 6) is 0.0121. The number of likely N-dealkylation sites (tertiary alicyclic amines) is 1. The molecule has 3 rings (SSSR count). The number of carbonyl (C=O) groups is 2. The standard InChI is InChI=1S/C16H19FN2O2/c1-11-6-8-18(9-7-11)14-10-15(20)19(16(14)21)13-4-2-12(17)3-5-13/h2-5,11,14H,6-10H2,1H3/p+1/t14-/m1/s1. The zero-order chi connectivity index (χ0) is 15.0. The van der Waals surface area contributed by atoms with E-state index < -0.39 is 0 Å². The molecule has 0 aliphatic carbocycles. The van der Waals surface area contributed by atoms with Crippen molar-refractivity contribution in [2.75, 3.05) is 18.0 Å².